The standard InChI is InChI=1S/C14H17N7/c1-20-7-10(5-18-20)12-6-17-13(15)14-19-11(8-21(12)14)9-2-3-16-4-9/h5-9,16H,2-4H2,1H3,(H2,15,17). The van der Waals surface area contributed by atoms with Crippen molar-refractivity contribution in [3.63, 3.8) is 0 Å². The molecule has 3 N–H and O–H groups in total. The zero-order valence-electron chi connectivity index (χ0n) is 11.8. The molecule has 108 valence electrons. The molecule has 3 aromatic heterocycles. The minimum atomic E-state index is 0.450. The highest BCUT2D eigenvalue weighted by Crippen LogP contribution is 2.27. The van der Waals surface area contributed by atoms with Gasteiger partial charge < -0.3 is 11.1 Å². The third kappa shape index (κ3) is 1.97. The first-order valence-electron chi connectivity index (χ1n) is 7.05. The summed E-state index contributed by atoms with van der Waals surface area (Å²) in [5.74, 6) is 0.908. The Morgan fingerprint density at radius 2 is 2.24 bits per heavy atom. The lowest BCUT2D eigenvalue weighted by Gasteiger charge is -2.03. The monoisotopic (exact) mass is 283 g/mol. The summed E-state index contributed by atoms with van der Waals surface area (Å²) in [6, 6.07) is 0. The van der Waals surface area contributed by atoms with E-state index in [1.165, 1.54) is 0 Å². The molecule has 7 nitrogen and oxygen atoms in total. The fraction of sp³-hybridized carbons (Fsp3) is 0.357. The van der Waals surface area contributed by atoms with E-state index in [1.807, 2.05) is 23.8 Å². The normalized spacial score (nSPS) is 18.6. The van der Waals surface area contributed by atoms with E-state index in [4.69, 9.17) is 10.7 Å². The Kier molecular flexibility index (Phi) is 2.68. The number of fused-ring (bicyclic) bond motifs is 1. The molecule has 4 heterocycles. The average Bonchev–Trinajstić information content (AvgIpc) is 3.18. The zero-order valence-corrected chi connectivity index (χ0v) is 11.8. The molecular formula is C14H17N7. The number of imidazole rings is 1. The van der Waals surface area contributed by atoms with Crippen LogP contribution in [-0.2, 0) is 7.05 Å². The molecule has 0 radical (unpaired) electrons. The molecular weight excluding hydrogens is 266 g/mol. The fourth-order valence-electron chi connectivity index (χ4n) is 2.88. The molecule has 21 heavy (non-hydrogen) atoms. The van der Waals surface area contributed by atoms with E-state index in [9.17, 15) is 0 Å². The number of nitrogens with zero attached hydrogens (tertiary/aromatic N) is 5. The van der Waals surface area contributed by atoms with Gasteiger partial charge in [-0.25, -0.2) is 9.97 Å². The van der Waals surface area contributed by atoms with Crippen LogP contribution in [0.3, 0.4) is 0 Å². The molecule has 1 fully saturated rings. The topological polar surface area (TPSA) is 86.1 Å². The van der Waals surface area contributed by atoms with Crippen molar-refractivity contribution in [3.05, 3.63) is 30.5 Å². The molecule has 1 unspecified atom stereocenters. The minimum Gasteiger partial charge on any atom is -0.381 e. The highest BCUT2D eigenvalue weighted by atomic mass is 15.2. The summed E-state index contributed by atoms with van der Waals surface area (Å²) in [5, 5.41) is 7.59. The smallest absolute Gasteiger partial charge is 0.180 e. The number of nitrogens with two attached hydrogens (primary N) is 1. The second kappa shape index (κ2) is 4.56. The van der Waals surface area contributed by atoms with E-state index in [2.05, 4.69) is 21.6 Å². The van der Waals surface area contributed by atoms with E-state index in [1.54, 1.807) is 10.9 Å². The van der Waals surface area contributed by atoms with Crippen LogP contribution in [0.1, 0.15) is 18.0 Å². The second-order valence-corrected chi connectivity index (χ2v) is 5.48. The quantitative estimate of drug-likeness (QED) is 0.726. The van der Waals surface area contributed by atoms with Crippen LogP contribution < -0.4 is 11.1 Å². The van der Waals surface area contributed by atoms with Crippen molar-refractivity contribution in [3.8, 4) is 11.3 Å². The van der Waals surface area contributed by atoms with Crippen molar-refractivity contribution >= 4 is 11.5 Å². The number of aryl methyl sites for hydroxylation is 1. The van der Waals surface area contributed by atoms with Gasteiger partial charge in [-0.05, 0) is 13.0 Å². The number of rotatable bonds is 2. The predicted molar refractivity (Wildman–Crippen MR) is 79.8 cm³/mol. The Morgan fingerprint density at radius 1 is 1.33 bits per heavy atom. The van der Waals surface area contributed by atoms with Crippen LogP contribution in [0.2, 0.25) is 0 Å². The van der Waals surface area contributed by atoms with Crippen molar-refractivity contribution in [2.45, 2.75) is 12.3 Å². The largest absolute Gasteiger partial charge is 0.381 e. The van der Waals surface area contributed by atoms with E-state index >= 15 is 0 Å². The lowest BCUT2D eigenvalue weighted by Crippen LogP contribution is -2.08. The number of nitrogens with one attached hydrogen (secondary N) is 1. The maximum absolute atomic E-state index is 5.99. The second-order valence-electron chi connectivity index (χ2n) is 5.48. The van der Waals surface area contributed by atoms with E-state index in [-0.39, 0.29) is 0 Å². The SMILES string of the molecule is Cn1cc(-c2cnc(N)c3nc(C4CCNC4)cn23)cn1. The van der Waals surface area contributed by atoms with Crippen molar-refractivity contribution in [2.24, 2.45) is 7.05 Å². The molecule has 0 amide bonds. The molecule has 1 atom stereocenters. The van der Waals surface area contributed by atoms with Crippen LogP contribution in [0.4, 0.5) is 5.82 Å². The Labute approximate surface area is 121 Å². The van der Waals surface area contributed by atoms with E-state index in [0.29, 0.717) is 11.7 Å². The summed E-state index contributed by atoms with van der Waals surface area (Å²) in [6.07, 6.45) is 8.75. The molecule has 0 aliphatic carbocycles. The van der Waals surface area contributed by atoms with Gasteiger partial charge in [0, 0.05) is 37.5 Å². The van der Waals surface area contributed by atoms with E-state index in [0.717, 1.165) is 42.1 Å². The number of hydrogen-bond acceptors (Lipinski definition) is 5. The number of hydrogen-bond donors (Lipinski definition) is 2. The van der Waals surface area contributed by atoms with Gasteiger partial charge in [-0.2, -0.15) is 5.10 Å². The Hall–Kier alpha value is -2.41. The van der Waals surface area contributed by atoms with Crippen LogP contribution >= 0.6 is 0 Å². The molecule has 1 aliphatic rings. The minimum absolute atomic E-state index is 0.450. The summed E-state index contributed by atoms with van der Waals surface area (Å²) in [7, 11) is 1.90. The summed E-state index contributed by atoms with van der Waals surface area (Å²) in [5.41, 5.74) is 9.74. The van der Waals surface area contributed by atoms with E-state index < -0.39 is 0 Å². The predicted octanol–water partition coefficient (Wildman–Crippen LogP) is 0.789. The third-order valence-electron chi connectivity index (χ3n) is 4.02. The number of nitrogen functional groups attached to an aromatic ring is 1. The van der Waals surface area contributed by atoms with Crippen molar-refractivity contribution in [1.29, 1.82) is 0 Å². The van der Waals surface area contributed by atoms with Gasteiger partial charge in [-0.1, -0.05) is 0 Å². The highest BCUT2D eigenvalue weighted by molar-refractivity contribution is 5.68. The van der Waals surface area contributed by atoms with Gasteiger partial charge in [0.2, 0.25) is 0 Å². The van der Waals surface area contributed by atoms with Gasteiger partial charge in [0.1, 0.15) is 0 Å². The molecule has 0 spiro atoms. The maximum atomic E-state index is 5.99. The molecule has 4 rings (SSSR count). The third-order valence-corrected chi connectivity index (χ3v) is 4.02. The average molecular weight is 283 g/mol. The summed E-state index contributed by atoms with van der Waals surface area (Å²) < 4.78 is 3.79. The van der Waals surface area contributed by atoms with Crippen molar-refractivity contribution in [1.82, 2.24) is 29.5 Å². The van der Waals surface area contributed by atoms with Gasteiger partial charge >= 0.3 is 0 Å². The van der Waals surface area contributed by atoms with Gasteiger partial charge in [0.15, 0.2) is 11.5 Å². The van der Waals surface area contributed by atoms with Crippen LogP contribution in [0.15, 0.2) is 24.8 Å². The van der Waals surface area contributed by atoms with Crippen molar-refractivity contribution in [2.75, 3.05) is 18.8 Å². The lowest BCUT2D eigenvalue weighted by atomic mass is 10.1. The molecule has 3 aromatic rings. The van der Waals surface area contributed by atoms with Gasteiger partial charge in [0.05, 0.1) is 23.8 Å². The van der Waals surface area contributed by atoms with Crippen LogP contribution in [0.5, 0.6) is 0 Å². The Morgan fingerprint density at radius 3 is 2.95 bits per heavy atom. The molecule has 7 heteroatoms. The number of aromatic nitrogens is 5. The van der Waals surface area contributed by atoms with Crippen LogP contribution in [0.25, 0.3) is 16.9 Å². The number of anilines is 1. The summed E-state index contributed by atoms with van der Waals surface area (Å²) in [6.45, 7) is 2.02. The first-order chi connectivity index (χ1) is 10.2. The lowest BCUT2D eigenvalue weighted by molar-refractivity contribution is 0.742. The summed E-state index contributed by atoms with van der Waals surface area (Å²) in [4.78, 5) is 8.97. The van der Waals surface area contributed by atoms with Crippen molar-refractivity contribution < 1.29 is 0 Å². The first-order valence-corrected chi connectivity index (χ1v) is 7.05. The maximum Gasteiger partial charge on any atom is 0.180 e. The summed E-state index contributed by atoms with van der Waals surface area (Å²) >= 11 is 0. The molecule has 0 aromatic carbocycles. The molecule has 0 bridgehead atoms. The Balaban J connectivity index is 1.89. The molecule has 1 saturated heterocycles. The van der Waals surface area contributed by atoms with Gasteiger partial charge in [-0.15, -0.1) is 0 Å². The van der Waals surface area contributed by atoms with Gasteiger partial charge in [-0.3, -0.25) is 9.08 Å². The highest BCUT2D eigenvalue weighted by Gasteiger charge is 2.21. The van der Waals surface area contributed by atoms with Crippen LogP contribution in [0, 0.1) is 0 Å². The first kappa shape index (κ1) is 12.3. The fourth-order valence-corrected chi connectivity index (χ4v) is 2.88. The Bertz CT molecular complexity index is 795. The molecule has 1 aliphatic heterocycles. The molecule has 0 saturated carbocycles. The van der Waals surface area contributed by atoms with Crippen LogP contribution in [-0.4, -0.2) is 37.2 Å². The zero-order chi connectivity index (χ0) is 14.4. The van der Waals surface area contributed by atoms with Gasteiger partial charge in [0.25, 0.3) is 0 Å².